The van der Waals surface area contributed by atoms with Gasteiger partial charge in [-0.3, -0.25) is 115 Å². The van der Waals surface area contributed by atoms with Crippen molar-refractivity contribution in [3.63, 3.8) is 0 Å². The number of aliphatic hydroxyl groups is 1. The zero-order valence-corrected chi connectivity index (χ0v) is 83.3. The van der Waals surface area contributed by atoms with Gasteiger partial charge in [0.15, 0.2) is 0 Å². The molecule has 3 fully saturated rings. The number of aliphatic hydroxyl groups excluding tert-OH is 1. The fraction of sp³-hybridized carbons (Fsp3) is 0.505. The van der Waals surface area contributed by atoms with Crippen molar-refractivity contribution in [3.8, 4) is 0 Å². The minimum Gasteiger partial charge on any atom is -0.481 e. The highest BCUT2D eigenvalue weighted by atomic mass is 33.1. The lowest BCUT2D eigenvalue weighted by atomic mass is 9.91. The number of carbonyl (C=O) groups excluding carboxylic acids is 16. The predicted molar refractivity (Wildman–Crippen MR) is 534 cm³/mol. The van der Waals surface area contributed by atoms with E-state index in [-0.39, 0.29) is 136 Å². The molecule has 0 aliphatic carbocycles. The number of imidazole rings is 1. The van der Waals surface area contributed by atoms with Crippen LogP contribution in [0.25, 0.3) is 32.7 Å². The molecule has 0 saturated carbocycles. The Bertz CT molecular complexity index is 5850. The fourth-order valence-corrected chi connectivity index (χ4v) is 19.6. The van der Waals surface area contributed by atoms with E-state index in [2.05, 4.69) is 88.7 Å². The Hall–Kier alpha value is -14.6. The number of nitrogens with two attached hydrogens (primary N) is 3. The number of unbranched alkanes of at least 4 members (excludes halogenated alkanes) is 2. The zero-order valence-electron chi connectivity index (χ0n) is 81.7. The first kappa shape index (κ1) is 114. The number of carbonyl (C=O) groups is 20. The minimum atomic E-state index is -2.41. The lowest BCUT2D eigenvalue weighted by molar-refractivity contribution is -0.142. The maximum Gasteiger partial charge on any atom is 0.317 e. The number of primary amides is 3. The highest BCUT2D eigenvalue weighted by Crippen LogP contribution is 2.29. The second-order valence-electron chi connectivity index (χ2n) is 36.8. The van der Waals surface area contributed by atoms with Gasteiger partial charge in [-0.05, 0) is 80.3 Å². The summed E-state index contributed by atoms with van der Waals surface area (Å²) in [5.41, 5.74) is 18.2. The first-order chi connectivity index (χ1) is 70.0. The summed E-state index contributed by atoms with van der Waals surface area (Å²) in [4.78, 5) is 307. The standard InChI is InChI=1S/C95H129N25O25S2/c1-5-52(2)82(114-94(145)95(4,53(3)121)115-91(142)65(35-55-42-102-62-20-12-9-17-59(55)62)105-76(124)23-7-6-14-24-100-77(125)45-116-26-28-117(46-79(128)129)30-32-119(48-81(132)133)33-31-118(29-27-116)47-80(130)131)92(143)113-72-50-147-146-49-71(90(141)111-70(93(144)120-25-15-22-73(120)83(98)134)36-56-43-103-63-21-13-10-18-60(56)63)112-88(139)69(40-78(126)127)110-85(136)66(37-57-44-99-51-104-57)107-84(135)64(34-54-41-101-61-19-11-8-16-58(54)61)106-86(137)67(38-74(96)122)108-87(138)68(39-75(97)123)109-89(72)140/h8-13,16-21,41-44,51-53,64-73,82,101-103,121H,5-7,14-15,22-40,45-50H2,1-4H3,(H2,96,122)(H2,97,123)(H2,98,134)(H,99,104)(H,100,125)(H,105,124)(H,106,137)(H,107,135)(H,108,138)(H,109,140)(H,110,136)(H,111,141)(H,112,139)(H,113,143)(H,114,145)(H,115,142)(H,126,127)(H,128,129)(H,130,131)(H,132,133)/t52-,53+,64-,65-,66-,67-,68-,69-,70-,71-,72-,73-,82-,95-/m0/s1. The average Bonchev–Trinajstić information content (AvgIpc) is 1.64. The van der Waals surface area contributed by atoms with Gasteiger partial charge in [0.2, 0.25) is 94.5 Å². The smallest absolute Gasteiger partial charge is 0.317 e. The second-order valence-corrected chi connectivity index (χ2v) is 39.4. The van der Waals surface area contributed by atoms with E-state index in [1.165, 1.54) is 30.5 Å². The number of rotatable bonds is 42. The molecule has 50 nitrogen and oxygen atoms in total. The van der Waals surface area contributed by atoms with Gasteiger partial charge in [0.25, 0.3) is 0 Å². The number of carboxylic acids is 4. The Morgan fingerprint density at radius 1 is 0.503 bits per heavy atom. The Morgan fingerprint density at radius 3 is 1.46 bits per heavy atom. The summed E-state index contributed by atoms with van der Waals surface area (Å²) in [6, 6.07) is 0.884. The van der Waals surface area contributed by atoms with E-state index in [0.717, 1.165) is 13.8 Å². The lowest BCUT2D eigenvalue weighted by Gasteiger charge is -2.36. The molecule has 147 heavy (non-hydrogen) atoms. The Labute approximate surface area is 851 Å². The molecule has 14 atom stereocenters. The van der Waals surface area contributed by atoms with Crippen molar-refractivity contribution in [2.45, 2.75) is 196 Å². The van der Waals surface area contributed by atoms with Crippen LogP contribution in [0.15, 0.2) is 104 Å². The molecule has 3 saturated heterocycles. The quantitative estimate of drug-likeness (QED) is 0.0127. The number of benzene rings is 3. The molecule has 3 aromatic carbocycles. The number of nitrogens with zero attached hydrogens (tertiary/aromatic N) is 6. The van der Waals surface area contributed by atoms with Crippen molar-refractivity contribution in [1.82, 2.24) is 113 Å². The molecule has 3 aliphatic heterocycles. The van der Waals surface area contributed by atoms with Gasteiger partial charge in [-0.15, -0.1) is 0 Å². The van der Waals surface area contributed by atoms with Gasteiger partial charge in [-0.2, -0.15) is 0 Å². The number of aromatic amines is 4. The van der Waals surface area contributed by atoms with Crippen LogP contribution in [0.1, 0.15) is 114 Å². The van der Waals surface area contributed by atoms with Crippen molar-refractivity contribution in [2.24, 2.45) is 23.1 Å². The minimum absolute atomic E-state index is 0.0186. The van der Waals surface area contributed by atoms with Crippen molar-refractivity contribution in [1.29, 1.82) is 0 Å². The molecule has 7 heterocycles. The third-order valence-corrected chi connectivity index (χ3v) is 28.2. The molecule has 16 amide bonds. The third-order valence-electron chi connectivity index (χ3n) is 25.8. The molecular weight excluding hydrogens is 1960 g/mol. The number of H-pyrrole nitrogens is 4. The summed E-state index contributed by atoms with van der Waals surface area (Å²) in [6.45, 7) is 5.83. The van der Waals surface area contributed by atoms with Crippen molar-refractivity contribution in [2.75, 3.05) is 103 Å². The molecule has 0 bridgehead atoms. The Balaban J connectivity index is 0.924. The number of hydrogen-bond donors (Lipinski definition) is 24. The summed E-state index contributed by atoms with van der Waals surface area (Å²) in [6.07, 6.45) is 2.03. The van der Waals surface area contributed by atoms with Crippen LogP contribution in [-0.4, -0.2) is 375 Å². The normalized spacial score (nSPS) is 21.0. The van der Waals surface area contributed by atoms with Crippen LogP contribution in [0.2, 0.25) is 0 Å². The SMILES string of the molecule is CC[C@H](C)[C@H](NC(=O)[C@@](C)(NC(=O)[C@H](Cc1c[nH]c2ccccc12)NC(=O)CCCCCNC(=O)CN1CCN(CC(=O)O)CCN(CC(=O)O)CCN(CC(=O)O)CC1)[C@@H](C)O)C(=O)N[C@H]1CSSC[C@@H](C(=O)N[C@@H](Cc2c[nH]c3ccccc23)C(=O)N2CCC[C@H]2C(N)=O)NC(=O)[C@H](CC(=O)O)NC(=O)[C@H](Cc2c[nH]cn2)NC(=O)[C@H](Cc2c[nH]c3ccccc23)NC(=O)[C@H](CC(N)=O)NC(=O)[C@H](CC(N)=O)NC1=O. The molecule has 10 rings (SSSR count). The molecule has 796 valence electrons. The molecular formula is C95H129N25O25S2. The zero-order chi connectivity index (χ0) is 107. The maximum absolute atomic E-state index is 15.5. The molecule has 0 unspecified atom stereocenters. The monoisotopic (exact) mass is 2080 g/mol. The first-order valence-corrected chi connectivity index (χ1v) is 50.6. The number of fused-ring (bicyclic) bond motifs is 3. The Morgan fingerprint density at radius 2 is 0.966 bits per heavy atom. The van der Waals surface area contributed by atoms with E-state index in [0.29, 0.717) is 90.2 Å². The van der Waals surface area contributed by atoms with Gasteiger partial charge in [0, 0.05) is 167 Å². The molecule has 4 aromatic heterocycles. The fourth-order valence-electron chi connectivity index (χ4n) is 17.3. The number of nitrogens with one attached hydrogen (secondary N) is 16. The van der Waals surface area contributed by atoms with Gasteiger partial charge in [-0.25, -0.2) is 4.98 Å². The summed E-state index contributed by atoms with van der Waals surface area (Å²) >= 11 is 0. The number of aromatic nitrogens is 5. The summed E-state index contributed by atoms with van der Waals surface area (Å²) in [7, 11) is 1.37. The number of likely N-dealkylation sites (tertiary alicyclic amines) is 1. The van der Waals surface area contributed by atoms with Crippen LogP contribution in [0.4, 0.5) is 0 Å². The predicted octanol–water partition coefficient (Wildman–Crippen LogP) is -4.48. The topological polar surface area (TPSA) is 757 Å². The van der Waals surface area contributed by atoms with Crippen molar-refractivity contribution >= 4 is 173 Å². The van der Waals surface area contributed by atoms with E-state index >= 15 is 43.2 Å². The van der Waals surface area contributed by atoms with Crippen LogP contribution in [0, 0.1) is 5.92 Å². The van der Waals surface area contributed by atoms with E-state index in [9.17, 15) is 78.3 Å². The second kappa shape index (κ2) is 55.1. The molecule has 27 N–H and O–H groups in total. The summed E-state index contributed by atoms with van der Waals surface area (Å²) in [5.74, 6) is -24.8. The van der Waals surface area contributed by atoms with Crippen LogP contribution in [-0.2, 0) is 122 Å². The van der Waals surface area contributed by atoms with Gasteiger partial charge >= 0.3 is 23.9 Å². The molecule has 7 aromatic rings. The van der Waals surface area contributed by atoms with Crippen LogP contribution < -0.4 is 81.0 Å². The largest absolute Gasteiger partial charge is 0.481 e. The van der Waals surface area contributed by atoms with E-state index in [4.69, 9.17) is 17.2 Å². The maximum atomic E-state index is 15.5. The van der Waals surface area contributed by atoms with Crippen LogP contribution in [0.5, 0.6) is 0 Å². The number of aliphatic carboxylic acids is 4. The summed E-state index contributed by atoms with van der Waals surface area (Å²) < 4.78 is 0. The van der Waals surface area contributed by atoms with Crippen molar-refractivity contribution in [3.05, 3.63) is 126 Å². The van der Waals surface area contributed by atoms with Crippen LogP contribution in [0.3, 0.4) is 0 Å². The van der Waals surface area contributed by atoms with Gasteiger partial charge in [0.05, 0.1) is 63.6 Å². The van der Waals surface area contributed by atoms with Gasteiger partial charge in [0.1, 0.15) is 72.0 Å². The number of para-hydroxylation sites is 3. The Kier molecular flexibility index (Phi) is 42.8. The molecule has 3 aliphatic rings. The van der Waals surface area contributed by atoms with Gasteiger partial charge < -0.3 is 131 Å². The highest BCUT2D eigenvalue weighted by molar-refractivity contribution is 8.76. The summed E-state index contributed by atoms with van der Waals surface area (Å²) in [5, 5.41) is 83.8. The van der Waals surface area contributed by atoms with E-state index in [1.807, 2.05) is 0 Å². The lowest BCUT2D eigenvalue weighted by Crippen LogP contribution is -2.68. The number of carboxylic acid groups (broad SMARTS) is 4. The first-order valence-electron chi connectivity index (χ1n) is 48.1. The molecule has 52 heteroatoms. The number of hydrogen-bond acceptors (Lipinski definition) is 28. The van der Waals surface area contributed by atoms with Crippen LogP contribution >= 0.6 is 21.6 Å². The van der Waals surface area contributed by atoms with Crippen molar-refractivity contribution < 1.29 is 121 Å². The number of amides is 16. The van der Waals surface area contributed by atoms with E-state index in [1.54, 1.807) is 112 Å². The third kappa shape index (κ3) is 34.3. The van der Waals surface area contributed by atoms with Gasteiger partial charge in [-0.1, -0.05) is 103 Å². The van der Waals surface area contributed by atoms with E-state index < -0.39 is 246 Å². The average molecular weight is 2090 g/mol. The molecule has 0 spiro atoms. The highest BCUT2D eigenvalue weighted by Gasteiger charge is 2.46. The molecule has 0 radical (unpaired) electrons.